The third-order valence-corrected chi connectivity index (χ3v) is 2.61. The molecular weight excluding hydrogens is 224 g/mol. The molecule has 1 atom stereocenters. The summed E-state index contributed by atoms with van der Waals surface area (Å²) in [5.41, 5.74) is 0.452. The molecule has 1 aromatic rings. The smallest absolute Gasteiger partial charge is 0.326 e. The van der Waals surface area contributed by atoms with Crippen LogP contribution in [0.4, 0.5) is 10.5 Å². The number of likely N-dealkylation sites (tertiary alicyclic amines) is 1. The number of aromatic nitrogens is 2. The third-order valence-electron chi connectivity index (χ3n) is 2.61. The molecule has 0 aromatic carbocycles. The minimum Gasteiger partial charge on any atom is -0.480 e. The molecule has 2 amide bonds. The summed E-state index contributed by atoms with van der Waals surface area (Å²) in [6.45, 7) is 0.455. The van der Waals surface area contributed by atoms with E-state index in [9.17, 15) is 9.59 Å². The Hall–Kier alpha value is -2.18. The number of carboxylic acids is 1. The molecule has 2 N–H and O–H groups in total. The molecule has 1 saturated heterocycles. The van der Waals surface area contributed by atoms with Crippen LogP contribution in [0.3, 0.4) is 0 Å². The van der Waals surface area contributed by atoms with Crippen LogP contribution >= 0.6 is 0 Å². The molecule has 2 heterocycles. The van der Waals surface area contributed by atoms with Crippen LogP contribution < -0.4 is 5.32 Å². The van der Waals surface area contributed by atoms with Crippen LogP contribution in [0.1, 0.15) is 12.8 Å². The predicted molar refractivity (Wildman–Crippen MR) is 58.4 cm³/mol. The summed E-state index contributed by atoms with van der Waals surface area (Å²) in [4.78, 5) is 31.6. The van der Waals surface area contributed by atoms with Crippen molar-refractivity contribution < 1.29 is 14.7 Å². The highest BCUT2D eigenvalue weighted by molar-refractivity contribution is 5.92. The second-order valence-electron chi connectivity index (χ2n) is 3.75. The average molecular weight is 236 g/mol. The minimum absolute atomic E-state index is 0.426. The molecular formula is C10H12N4O3. The Morgan fingerprint density at radius 2 is 2.12 bits per heavy atom. The first-order chi connectivity index (χ1) is 8.18. The second kappa shape index (κ2) is 4.77. The fourth-order valence-corrected chi connectivity index (χ4v) is 1.83. The molecule has 0 saturated carbocycles. The highest BCUT2D eigenvalue weighted by atomic mass is 16.4. The first kappa shape index (κ1) is 11.3. The maximum atomic E-state index is 11.8. The standard InChI is InChI=1S/C10H12N4O3/c15-9(16)8-2-1-3-14(8)10(17)13-7-4-11-6-12-5-7/h4-6,8H,1-3H2,(H,13,17)(H,15,16)/t8-/m0/s1. The van der Waals surface area contributed by atoms with Gasteiger partial charge in [0.05, 0.1) is 18.1 Å². The van der Waals surface area contributed by atoms with Crippen molar-refractivity contribution in [3.05, 3.63) is 18.7 Å². The summed E-state index contributed by atoms with van der Waals surface area (Å²) in [5, 5.41) is 11.5. The van der Waals surface area contributed by atoms with Crippen LogP contribution in [0.15, 0.2) is 18.7 Å². The Morgan fingerprint density at radius 3 is 2.76 bits per heavy atom. The number of hydrogen-bond donors (Lipinski definition) is 2. The molecule has 0 aliphatic carbocycles. The van der Waals surface area contributed by atoms with Crippen LogP contribution in [0.25, 0.3) is 0 Å². The number of amides is 2. The van der Waals surface area contributed by atoms with E-state index in [1.165, 1.54) is 23.6 Å². The Kier molecular flexibility index (Phi) is 3.17. The summed E-state index contributed by atoms with van der Waals surface area (Å²) in [6.07, 6.45) is 5.46. The van der Waals surface area contributed by atoms with Gasteiger partial charge >= 0.3 is 12.0 Å². The van der Waals surface area contributed by atoms with Gasteiger partial charge < -0.3 is 15.3 Å². The van der Waals surface area contributed by atoms with Crippen molar-refractivity contribution in [1.29, 1.82) is 0 Å². The molecule has 0 unspecified atom stereocenters. The van der Waals surface area contributed by atoms with Crippen LogP contribution in [-0.4, -0.2) is 44.6 Å². The summed E-state index contributed by atoms with van der Waals surface area (Å²) >= 11 is 0. The molecule has 1 fully saturated rings. The Labute approximate surface area is 97.5 Å². The van der Waals surface area contributed by atoms with Crippen molar-refractivity contribution in [1.82, 2.24) is 14.9 Å². The Bertz CT molecular complexity index is 423. The van der Waals surface area contributed by atoms with Gasteiger partial charge in [-0.3, -0.25) is 0 Å². The number of hydrogen-bond acceptors (Lipinski definition) is 4. The average Bonchev–Trinajstić information content (AvgIpc) is 2.79. The summed E-state index contributed by atoms with van der Waals surface area (Å²) < 4.78 is 0. The van der Waals surface area contributed by atoms with Gasteiger partial charge in [0, 0.05) is 6.54 Å². The molecule has 2 rings (SSSR count). The molecule has 0 bridgehead atoms. The Morgan fingerprint density at radius 1 is 1.41 bits per heavy atom. The van der Waals surface area contributed by atoms with E-state index in [4.69, 9.17) is 5.11 Å². The molecule has 0 radical (unpaired) electrons. The van der Waals surface area contributed by atoms with Gasteiger partial charge in [-0.2, -0.15) is 0 Å². The van der Waals surface area contributed by atoms with Gasteiger partial charge in [0.1, 0.15) is 12.4 Å². The fraction of sp³-hybridized carbons (Fsp3) is 0.400. The van der Waals surface area contributed by atoms with E-state index in [1.807, 2.05) is 0 Å². The van der Waals surface area contributed by atoms with Crippen molar-refractivity contribution in [3.63, 3.8) is 0 Å². The number of nitrogens with one attached hydrogen (secondary N) is 1. The second-order valence-corrected chi connectivity index (χ2v) is 3.75. The first-order valence-electron chi connectivity index (χ1n) is 5.24. The van der Waals surface area contributed by atoms with Gasteiger partial charge in [0.15, 0.2) is 0 Å². The largest absolute Gasteiger partial charge is 0.480 e. The van der Waals surface area contributed by atoms with Gasteiger partial charge in [-0.25, -0.2) is 19.6 Å². The van der Waals surface area contributed by atoms with Gasteiger partial charge in [-0.15, -0.1) is 0 Å². The summed E-state index contributed by atoms with van der Waals surface area (Å²) in [7, 11) is 0. The summed E-state index contributed by atoms with van der Waals surface area (Å²) in [5.74, 6) is -0.970. The van der Waals surface area contributed by atoms with Crippen molar-refractivity contribution in [2.45, 2.75) is 18.9 Å². The highest BCUT2D eigenvalue weighted by Crippen LogP contribution is 2.18. The lowest BCUT2D eigenvalue weighted by molar-refractivity contribution is -0.141. The van der Waals surface area contributed by atoms with Crippen molar-refractivity contribution in [3.8, 4) is 0 Å². The highest BCUT2D eigenvalue weighted by Gasteiger charge is 2.33. The number of aliphatic carboxylic acids is 1. The number of nitrogens with zero attached hydrogens (tertiary/aromatic N) is 3. The number of urea groups is 1. The number of anilines is 1. The molecule has 1 aromatic heterocycles. The van der Waals surface area contributed by atoms with E-state index in [0.29, 0.717) is 25.1 Å². The first-order valence-corrected chi connectivity index (χ1v) is 5.24. The van der Waals surface area contributed by atoms with E-state index in [-0.39, 0.29) is 0 Å². The number of carboxylic acid groups (broad SMARTS) is 1. The monoisotopic (exact) mass is 236 g/mol. The quantitative estimate of drug-likeness (QED) is 0.782. The fourth-order valence-electron chi connectivity index (χ4n) is 1.83. The number of carbonyl (C=O) groups excluding carboxylic acids is 1. The predicted octanol–water partition coefficient (Wildman–Crippen LogP) is 0.557. The maximum Gasteiger partial charge on any atom is 0.326 e. The molecule has 7 heteroatoms. The lowest BCUT2D eigenvalue weighted by Crippen LogP contribution is -2.42. The lowest BCUT2D eigenvalue weighted by atomic mass is 10.2. The summed E-state index contributed by atoms with van der Waals surface area (Å²) in [6, 6.07) is -1.16. The van der Waals surface area contributed by atoms with E-state index in [0.717, 1.165) is 0 Å². The van der Waals surface area contributed by atoms with Crippen LogP contribution in [-0.2, 0) is 4.79 Å². The van der Waals surface area contributed by atoms with Gasteiger partial charge in [0.25, 0.3) is 0 Å². The van der Waals surface area contributed by atoms with Crippen LogP contribution in [0.2, 0.25) is 0 Å². The Balaban J connectivity index is 2.03. The van der Waals surface area contributed by atoms with Gasteiger partial charge in [-0.05, 0) is 12.8 Å². The van der Waals surface area contributed by atoms with Gasteiger partial charge in [-0.1, -0.05) is 0 Å². The van der Waals surface area contributed by atoms with Crippen molar-refractivity contribution in [2.75, 3.05) is 11.9 Å². The lowest BCUT2D eigenvalue weighted by Gasteiger charge is -2.21. The minimum atomic E-state index is -0.970. The van der Waals surface area contributed by atoms with E-state index < -0.39 is 18.0 Å². The zero-order valence-corrected chi connectivity index (χ0v) is 9.04. The van der Waals surface area contributed by atoms with E-state index in [1.54, 1.807) is 0 Å². The number of carbonyl (C=O) groups is 2. The van der Waals surface area contributed by atoms with Crippen LogP contribution in [0.5, 0.6) is 0 Å². The van der Waals surface area contributed by atoms with E-state index in [2.05, 4.69) is 15.3 Å². The third kappa shape index (κ3) is 2.49. The SMILES string of the molecule is O=C(O)[C@@H]1CCCN1C(=O)Nc1cncnc1. The molecule has 90 valence electrons. The van der Waals surface area contributed by atoms with Gasteiger partial charge in [0.2, 0.25) is 0 Å². The maximum absolute atomic E-state index is 11.8. The molecule has 0 spiro atoms. The topological polar surface area (TPSA) is 95.4 Å². The zero-order valence-electron chi connectivity index (χ0n) is 9.04. The zero-order chi connectivity index (χ0) is 12.3. The molecule has 17 heavy (non-hydrogen) atoms. The molecule has 1 aliphatic heterocycles. The van der Waals surface area contributed by atoms with Crippen LogP contribution in [0, 0.1) is 0 Å². The molecule has 7 nitrogen and oxygen atoms in total. The van der Waals surface area contributed by atoms with Crippen molar-refractivity contribution >= 4 is 17.7 Å². The van der Waals surface area contributed by atoms with E-state index >= 15 is 0 Å². The van der Waals surface area contributed by atoms with Crippen molar-refractivity contribution in [2.24, 2.45) is 0 Å². The normalized spacial score (nSPS) is 19.1. The molecule has 1 aliphatic rings. The number of rotatable bonds is 2.